The van der Waals surface area contributed by atoms with Gasteiger partial charge in [0.05, 0.1) is 5.41 Å². The second-order valence-corrected chi connectivity index (χ2v) is 5.46. The lowest BCUT2D eigenvalue weighted by atomic mass is 9.65. The molecule has 0 bridgehead atoms. The van der Waals surface area contributed by atoms with Crippen LogP contribution in [0.25, 0.3) is 0 Å². The quantitative estimate of drug-likeness (QED) is 0.842. The van der Waals surface area contributed by atoms with Crippen molar-refractivity contribution in [2.75, 3.05) is 0 Å². The van der Waals surface area contributed by atoms with Gasteiger partial charge in [-0.3, -0.25) is 4.79 Å². The maximum atomic E-state index is 11.7. The van der Waals surface area contributed by atoms with Gasteiger partial charge >= 0.3 is 5.97 Å². The van der Waals surface area contributed by atoms with E-state index in [1.54, 1.807) is 18.2 Å². The zero-order chi connectivity index (χ0) is 13.9. The summed E-state index contributed by atoms with van der Waals surface area (Å²) in [6, 6.07) is 6.95. The van der Waals surface area contributed by atoms with E-state index in [2.05, 4.69) is 0 Å². The fraction of sp³-hybridized carbons (Fsp3) is 0.533. The molecule has 0 radical (unpaired) electrons. The van der Waals surface area contributed by atoms with Crippen LogP contribution in [0.5, 0.6) is 5.75 Å². The fourth-order valence-electron chi connectivity index (χ4n) is 2.62. The molecule has 0 amide bonds. The van der Waals surface area contributed by atoms with Crippen LogP contribution in [0.4, 0.5) is 0 Å². The Morgan fingerprint density at radius 1 is 1.17 bits per heavy atom. The minimum absolute atomic E-state index is 0.00499. The van der Waals surface area contributed by atoms with E-state index >= 15 is 0 Å². The molecule has 0 aromatic heterocycles. The summed E-state index contributed by atoms with van der Waals surface area (Å²) in [6.07, 6.45) is 0.352. The van der Waals surface area contributed by atoms with E-state index in [-0.39, 0.29) is 17.6 Å². The zero-order valence-electron chi connectivity index (χ0n) is 11.5. The molecule has 0 unspecified atom stereocenters. The molecule has 100 valence electrons. The third-order valence-electron chi connectivity index (χ3n) is 3.93. The van der Waals surface area contributed by atoms with E-state index in [1.807, 2.05) is 33.8 Å². The average molecular weight is 250 g/mol. The predicted octanol–water partition coefficient (Wildman–Crippen LogP) is 3.32. The molecule has 0 aliphatic carbocycles. The van der Waals surface area contributed by atoms with Gasteiger partial charge in [-0.15, -0.1) is 0 Å². The monoisotopic (exact) mass is 250 g/mol. The number of aliphatic carboxylic acids is 1. The summed E-state index contributed by atoms with van der Waals surface area (Å²) in [5, 5.41) is 19.5. The van der Waals surface area contributed by atoms with Crippen molar-refractivity contribution in [2.24, 2.45) is 17.3 Å². The van der Waals surface area contributed by atoms with Gasteiger partial charge < -0.3 is 10.2 Å². The number of carboxylic acid groups (broad SMARTS) is 1. The number of aromatic hydroxyl groups is 1. The summed E-state index contributed by atoms with van der Waals surface area (Å²) < 4.78 is 0. The fourth-order valence-corrected chi connectivity index (χ4v) is 2.62. The second-order valence-electron chi connectivity index (χ2n) is 5.46. The first-order valence-electron chi connectivity index (χ1n) is 6.32. The molecule has 1 aromatic rings. The number of hydrogen-bond donors (Lipinski definition) is 2. The van der Waals surface area contributed by atoms with Crippen LogP contribution in [0.15, 0.2) is 24.3 Å². The number of carboxylic acids is 1. The Morgan fingerprint density at radius 2 is 1.67 bits per heavy atom. The van der Waals surface area contributed by atoms with E-state index in [0.29, 0.717) is 12.0 Å². The Kier molecular flexibility index (Phi) is 4.38. The number of rotatable bonds is 5. The maximum Gasteiger partial charge on any atom is 0.310 e. The number of benzene rings is 1. The van der Waals surface area contributed by atoms with Crippen molar-refractivity contribution in [1.82, 2.24) is 0 Å². The van der Waals surface area contributed by atoms with Gasteiger partial charge in [-0.1, -0.05) is 45.9 Å². The van der Waals surface area contributed by atoms with E-state index < -0.39 is 11.4 Å². The summed E-state index contributed by atoms with van der Waals surface area (Å²) in [7, 11) is 0. The molecule has 0 fully saturated rings. The first-order chi connectivity index (χ1) is 8.32. The minimum atomic E-state index is -0.848. The predicted molar refractivity (Wildman–Crippen MR) is 71.6 cm³/mol. The van der Waals surface area contributed by atoms with Crippen LogP contribution in [0.2, 0.25) is 0 Å². The molecule has 0 aliphatic heterocycles. The number of phenolic OH excluding ortho intramolecular Hbond substituents is 1. The maximum absolute atomic E-state index is 11.7. The van der Waals surface area contributed by atoms with Crippen LogP contribution in [0.3, 0.4) is 0 Å². The SMILES string of the molecule is CC(C)C(Cc1ccccc1O)(C(=O)O)C(C)C. The lowest BCUT2D eigenvalue weighted by molar-refractivity contribution is -0.155. The van der Waals surface area contributed by atoms with Crippen molar-refractivity contribution in [2.45, 2.75) is 34.1 Å². The summed E-state index contributed by atoms with van der Waals surface area (Å²) in [4.78, 5) is 11.7. The smallest absolute Gasteiger partial charge is 0.310 e. The standard InChI is InChI=1S/C15H22O3/c1-10(2)15(11(3)4,14(17)18)9-12-7-5-6-8-13(12)16/h5-8,10-11,16H,9H2,1-4H3,(H,17,18). The summed E-state index contributed by atoms with van der Waals surface area (Å²) in [5.74, 6) is -0.635. The summed E-state index contributed by atoms with van der Waals surface area (Å²) >= 11 is 0. The van der Waals surface area contributed by atoms with Crippen molar-refractivity contribution in [3.8, 4) is 5.75 Å². The lowest BCUT2D eigenvalue weighted by Crippen LogP contribution is -2.43. The molecule has 18 heavy (non-hydrogen) atoms. The van der Waals surface area contributed by atoms with Gasteiger partial charge in [-0.2, -0.15) is 0 Å². The van der Waals surface area contributed by atoms with Gasteiger partial charge in [-0.05, 0) is 29.9 Å². The van der Waals surface area contributed by atoms with Gasteiger partial charge in [0.25, 0.3) is 0 Å². The average Bonchev–Trinajstić information content (AvgIpc) is 2.26. The first kappa shape index (κ1) is 14.6. The van der Waals surface area contributed by atoms with Gasteiger partial charge in [-0.25, -0.2) is 0 Å². The molecule has 1 aromatic carbocycles. The van der Waals surface area contributed by atoms with E-state index in [0.717, 1.165) is 0 Å². The first-order valence-corrected chi connectivity index (χ1v) is 6.32. The Hall–Kier alpha value is -1.51. The Balaban J connectivity index is 3.22. The number of phenols is 1. The molecule has 0 atom stereocenters. The van der Waals surface area contributed by atoms with Gasteiger partial charge in [0, 0.05) is 0 Å². The van der Waals surface area contributed by atoms with Gasteiger partial charge in [0.2, 0.25) is 0 Å². The van der Waals surface area contributed by atoms with Crippen LogP contribution in [-0.4, -0.2) is 16.2 Å². The van der Waals surface area contributed by atoms with Gasteiger partial charge in [0.15, 0.2) is 0 Å². The van der Waals surface area contributed by atoms with Crippen molar-refractivity contribution in [3.63, 3.8) is 0 Å². The van der Waals surface area contributed by atoms with Crippen molar-refractivity contribution in [1.29, 1.82) is 0 Å². The highest BCUT2D eigenvalue weighted by atomic mass is 16.4. The molecule has 0 saturated carbocycles. The third-order valence-corrected chi connectivity index (χ3v) is 3.93. The van der Waals surface area contributed by atoms with Crippen LogP contribution in [-0.2, 0) is 11.2 Å². The molecular weight excluding hydrogens is 228 g/mol. The largest absolute Gasteiger partial charge is 0.508 e. The molecule has 1 rings (SSSR count). The van der Waals surface area contributed by atoms with E-state index in [1.165, 1.54) is 0 Å². The Labute approximate surface area is 108 Å². The number of carbonyl (C=O) groups is 1. The lowest BCUT2D eigenvalue weighted by Gasteiger charge is -2.37. The Bertz CT molecular complexity index is 414. The highest BCUT2D eigenvalue weighted by Gasteiger charge is 2.44. The van der Waals surface area contributed by atoms with Gasteiger partial charge in [0.1, 0.15) is 5.75 Å². The van der Waals surface area contributed by atoms with E-state index in [9.17, 15) is 15.0 Å². The number of hydrogen-bond acceptors (Lipinski definition) is 2. The molecule has 0 spiro atoms. The highest BCUT2D eigenvalue weighted by Crippen LogP contribution is 2.41. The molecule has 0 heterocycles. The van der Waals surface area contributed by atoms with Crippen molar-refractivity contribution >= 4 is 5.97 Å². The van der Waals surface area contributed by atoms with Crippen LogP contribution >= 0.6 is 0 Å². The molecule has 3 heteroatoms. The molecule has 2 N–H and O–H groups in total. The minimum Gasteiger partial charge on any atom is -0.508 e. The molecular formula is C15H22O3. The summed E-state index contributed by atoms with van der Waals surface area (Å²) in [5.41, 5.74) is -0.152. The molecule has 0 saturated heterocycles. The molecule has 0 aliphatic rings. The normalized spacial score (nSPS) is 12.1. The highest BCUT2D eigenvalue weighted by molar-refractivity contribution is 5.76. The van der Waals surface area contributed by atoms with E-state index in [4.69, 9.17) is 0 Å². The zero-order valence-corrected chi connectivity index (χ0v) is 11.5. The van der Waals surface area contributed by atoms with Crippen molar-refractivity contribution < 1.29 is 15.0 Å². The number of para-hydroxylation sites is 1. The van der Waals surface area contributed by atoms with Crippen LogP contribution in [0.1, 0.15) is 33.3 Å². The van der Waals surface area contributed by atoms with Crippen molar-refractivity contribution in [3.05, 3.63) is 29.8 Å². The topological polar surface area (TPSA) is 57.5 Å². The second kappa shape index (κ2) is 5.42. The molecule has 3 nitrogen and oxygen atoms in total. The third kappa shape index (κ3) is 2.50. The summed E-state index contributed by atoms with van der Waals surface area (Å²) in [6.45, 7) is 7.70. The Morgan fingerprint density at radius 3 is 2.06 bits per heavy atom. The van der Waals surface area contributed by atoms with Crippen LogP contribution in [0, 0.1) is 17.3 Å². The van der Waals surface area contributed by atoms with Crippen LogP contribution < -0.4 is 0 Å².